The molecule has 2 unspecified atom stereocenters. The van der Waals surface area contributed by atoms with E-state index >= 15 is 0 Å². The molecule has 2 atom stereocenters. The summed E-state index contributed by atoms with van der Waals surface area (Å²) in [5.41, 5.74) is 3.46. The van der Waals surface area contributed by atoms with Gasteiger partial charge in [0.2, 0.25) is 11.9 Å². The van der Waals surface area contributed by atoms with E-state index in [1.165, 1.54) is 48.3 Å². The molecule has 34 heavy (non-hydrogen) atoms. The molecule has 3 aliphatic rings. The van der Waals surface area contributed by atoms with Gasteiger partial charge < -0.3 is 15.5 Å². The fraction of sp³-hybridized carbons (Fsp3) is 0.542. The first-order chi connectivity index (χ1) is 16.7. The summed E-state index contributed by atoms with van der Waals surface area (Å²) in [6, 6.07) is 1.83. The van der Waals surface area contributed by atoms with Crippen molar-refractivity contribution in [3.05, 3.63) is 34.6 Å². The van der Waals surface area contributed by atoms with Crippen molar-refractivity contribution in [1.82, 2.24) is 25.1 Å². The van der Waals surface area contributed by atoms with E-state index in [1.807, 2.05) is 10.3 Å². The number of rotatable bonds is 6. The first kappa shape index (κ1) is 21.5. The van der Waals surface area contributed by atoms with Crippen molar-refractivity contribution < 1.29 is 4.79 Å². The van der Waals surface area contributed by atoms with E-state index in [9.17, 15) is 4.79 Å². The van der Waals surface area contributed by atoms with Gasteiger partial charge in [-0.25, -0.2) is 9.97 Å². The van der Waals surface area contributed by atoms with Gasteiger partial charge in [-0.2, -0.15) is 10.1 Å². The third kappa shape index (κ3) is 4.04. The first-order valence-electron chi connectivity index (χ1n) is 12.4. The molecule has 2 fully saturated rings. The zero-order valence-corrected chi connectivity index (χ0v) is 20.2. The normalized spacial score (nSPS) is 22.3. The molecule has 1 saturated carbocycles. The predicted molar refractivity (Wildman–Crippen MR) is 133 cm³/mol. The lowest BCUT2D eigenvalue weighted by Gasteiger charge is -2.25. The maximum atomic E-state index is 13.0. The minimum absolute atomic E-state index is 0.0482. The van der Waals surface area contributed by atoms with Crippen LogP contribution in [0.4, 0.5) is 22.7 Å². The van der Waals surface area contributed by atoms with Crippen molar-refractivity contribution in [3.8, 4) is 0 Å². The number of aromatic amines is 1. The van der Waals surface area contributed by atoms with Crippen LogP contribution < -0.4 is 15.5 Å². The Bertz CT molecular complexity index is 1170. The number of aryl methyl sites for hydroxylation is 1. The number of amides is 1. The number of hydrogen-bond acceptors (Lipinski definition) is 8. The highest BCUT2D eigenvalue weighted by Crippen LogP contribution is 2.40. The number of anilines is 4. The third-order valence-corrected chi connectivity index (χ3v) is 8.12. The molecule has 0 radical (unpaired) electrons. The van der Waals surface area contributed by atoms with Crippen molar-refractivity contribution in [2.24, 2.45) is 0 Å². The van der Waals surface area contributed by atoms with E-state index in [1.54, 1.807) is 6.20 Å². The molecule has 10 heteroatoms. The summed E-state index contributed by atoms with van der Waals surface area (Å²) in [6.07, 6.45) is 10.4. The average Bonchev–Trinajstić information content (AvgIpc) is 3.65. The molecule has 3 aromatic heterocycles. The zero-order chi connectivity index (χ0) is 23.1. The van der Waals surface area contributed by atoms with Crippen LogP contribution in [0, 0.1) is 0 Å². The van der Waals surface area contributed by atoms with Crippen molar-refractivity contribution in [2.75, 3.05) is 22.1 Å². The number of hydrogen-bond donors (Lipinski definition) is 3. The predicted octanol–water partition coefficient (Wildman–Crippen LogP) is 4.71. The summed E-state index contributed by atoms with van der Waals surface area (Å²) in [6.45, 7) is 2.99. The van der Waals surface area contributed by atoms with Gasteiger partial charge in [-0.3, -0.25) is 9.89 Å². The fourth-order valence-corrected chi connectivity index (χ4v) is 6.18. The Balaban J connectivity index is 1.28. The van der Waals surface area contributed by atoms with Gasteiger partial charge in [0.25, 0.3) is 0 Å². The van der Waals surface area contributed by atoms with E-state index in [0.29, 0.717) is 22.9 Å². The number of nitrogens with zero attached hydrogens (tertiary/aromatic N) is 5. The molecule has 2 aliphatic carbocycles. The molecule has 3 aromatic rings. The smallest absolute Gasteiger partial charge is 0.248 e. The molecule has 0 spiro atoms. The SMILES string of the molecule is CC1CCc2nc(N3CCCC3C(=O)Nc3nccs3)nc(Nc3cc(C4CCCC4)[nH]n3)c21. The molecule has 6 rings (SSSR count). The minimum Gasteiger partial charge on any atom is -0.329 e. The van der Waals surface area contributed by atoms with Crippen LogP contribution in [0.5, 0.6) is 0 Å². The largest absolute Gasteiger partial charge is 0.329 e. The van der Waals surface area contributed by atoms with Gasteiger partial charge in [-0.1, -0.05) is 19.8 Å². The van der Waals surface area contributed by atoms with Gasteiger partial charge in [-0.05, 0) is 44.4 Å². The number of H-pyrrole nitrogens is 1. The monoisotopic (exact) mass is 478 g/mol. The van der Waals surface area contributed by atoms with Crippen LogP contribution in [-0.4, -0.2) is 43.6 Å². The number of carbonyl (C=O) groups is 1. The number of fused-ring (bicyclic) bond motifs is 1. The lowest BCUT2D eigenvalue weighted by molar-refractivity contribution is -0.117. The van der Waals surface area contributed by atoms with Crippen molar-refractivity contribution in [1.29, 1.82) is 0 Å². The number of thiazole rings is 1. The second-order valence-electron chi connectivity index (χ2n) is 9.67. The Labute approximate surface area is 202 Å². The van der Waals surface area contributed by atoms with Crippen LogP contribution in [0.2, 0.25) is 0 Å². The van der Waals surface area contributed by atoms with Crippen molar-refractivity contribution in [3.63, 3.8) is 0 Å². The molecule has 3 N–H and O–H groups in total. The number of nitrogens with one attached hydrogen (secondary N) is 3. The molecular formula is C24H30N8OS. The highest BCUT2D eigenvalue weighted by atomic mass is 32.1. The second kappa shape index (κ2) is 8.98. The summed E-state index contributed by atoms with van der Waals surface area (Å²) < 4.78 is 0. The van der Waals surface area contributed by atoms with Crippen LogP contribution in [-0.2, 0) is 11.2 Å². The topological polar surface area (TPSA) is 112 Å². The number of carbonyl (C=O) groups excluding carboxylic acids is 1. The molecule has 4 heterocycles. The van der Waals surface area contributed by atoms with E-state index in [2.05, 4.69) is 38.8 Å². The minimum atomic E-state index is -0.298. The molecule has 1 saturated heterocycles. The average molecular weight is 479 g/mol. The number of aromatic nitrogens is 5. The Kier molecular flexibility index (Phi) is 5.68. The molecular weight excluding hydrogens is 448 g/mol. The standard InChI is InChI=1S/C24H30N8OS/c1-14-8-9-16-20(14)21(27-19-13-17(30-31-19)15-5-2-3-6-15)28-23(26-16)32-11-4-7-18(32)22(33)29-24-25-10-12-34-24/h10,12-15,18H,2-9,11H2,1H3,(H,25,29,33)(H2,26,27,28,30,31). The van der Waals surface area contributed by atoms with E-state index in [0.717, 1.165) is 49.6 Å². The summed E-state index contributed by atoms with van der Waals surface area (Å²) in [5.74, 6) is 3.16. The maximum Gasteiger partial charge on any atom is 0.248 e. The Morgan fingerprint density at radius 1 is 1.18 bits per heavy atom. The molecule has 1 aliphatic heterocycles. The fourth-order valence-electron chi connectivity index (χ4n) is 5.65. The van der Waals surface area contributed by atoms with Crippen LogP contribution in [0.3, 0.4) is 0 Å². The van der Waals surface area contributed by atoms with Gasteiger partial charge in [0, 0.05) is 41.4 Å². The molecule has 0 aromatic carbocycles. The van der Waals surface area contributed by atoms with Crippen LogP contribution >= 0.6 is 11.3 Å². The van der Waals surface area contributed by atoms with Gasteiger partial charge in [0.1, 0.15) is 11.9 Å². The van der Waals surface area contributed by atoms with Crippen molar-refractivity contribution in [2.45, 2.75) is 76.2 Å². The van der Waals surface area contributed by atoms with E-state index in [-0.39, 0.29) is 11.9 Å². The lowest BCUT2D eigenvalue weighted by atomic mass is 10.0. The molecule has 9 nitrogen and oxygen atoms in total. The Morgan fingerprint density at radius 3 is 2.88 bits per heavy atom. The Hall–Kier alpha value is -3.01. The van der Waals surface area contributed by atoms with E-state index in [4.69, 9.17) is 9.97 Å². The van der Waals surface area contributed by atoms with Gasteiger partial charge in [0.15, 0.2) is 10.9 Å². The van der Waals surface area contributed by atoms with Crippen molar-refractivity contribution >= 4 is 40.0 Å². The van der Waals surface area contributed by atoms with Gasteiger partial charge in [0.05, 0.1) is 5.69 Å². The third-order valence-electron chi connectivity index (χ3n) is 7.43. The van der Waals surface area contributed by atoms with Crippen LogP contribution in [0.25, 0.3) is 0 Å². The quantitative estimate of drug-likeness (QED) is 0.470. The summed E-state index contributed by atoms with van der Waals surface area (Å²) in [4.78, 5) is 29.2. The Morgan fingerprint density at radius 2 is 2.06 bits per heavy atom. The highest BCUT2D eigenvalue weighted by Gasteiger charge is 2.35. The first-order valence-corrected chi connectivity index (χ1v) is 13.2. The van der Waals surface area contributed by atoms with Gasteiger partial charge in [-0.15, -0.1) is 11.3 Å². The molecule has 0 bridgehead atoms. The molecule has 178 valence electrons. The summed E-state index contributed by atoms with van der Waals surface area (Å²) >= 11 is 1.43. The zero-order valence-electron chi connectivity index (χ0n) is 19.4. The maximum absolute atomic E-state index is 13.0. The van der Waals surface area contributed by atoms with Crippen LogP contribution in [0.15, 0.2) is 17.6 Å². The van der Waals surface area contributed by atoms with E-state index < -0.39 is 0 Å². The highest BCUT2D eigenvalue weighted by molar-refractivity contribution is 7.13. The van der Waals surface area contributed by atoms with Gasteiger partial charge >= 0.3 is 0 Å². The molecule has 1 amide bonds. The lowest BCUT2D eigenvalue weighted by Crippen LogP contribution is -2.40. The summed E-state index contributed by atoms with van der Waals surface area (Å²) in [5, 5.41) is 16.7. The second-order valence-corrected chi connectivity index (χ2v) is 10.6. The summed E-state index contributed by atoms with van der Waals surface area (Å²) in [7, 11) is 0. The van der Waals surface area contributed by atoms with Crippen LogP contribution in [0.1, 0.15) is 80.7 Å².